The van der Waals surface area contributed by atoms with Gasteiger partial charge in [-0.25, -0.2) is 4.79 Å². The van der Waals surface area contributed by atoms with Crippen LogP contribution in [-0.4, -0.2) is 49.7 Å². The fourth-order valence-corrected chi connectivity index (χ4v) is 6.23. The molecule has 1 heterocycles. The van der Waals surface area contributed by atoms with Crippen LogP contribution in [0.1, 0.15) is 96.8 Å². The Hall–Kier alpha value is -1.36. The number of rotatable bonds is 12. The van der Waals surface area contributed by atoms with E-state index in [1.165, 1.54) is 64.2 Å². The van der Waals surface area contributed by atoms with Crippen molar-refractivity contribution in [3.8, 4) is 0 Å². The van der Waals surface area contributed by atoms with Gasteiger partial charge in [0.15, 0.2) is 0 Å². The number of carbonyl (C=O) groups is 2. The molecule has 0 spiro atoms. The van der Waals surface area contributed by atoms with Gasteiger partial charge in [-0.05, 0) is 82.2 Å². The second-order valence-electron chi connectivity index (χ2n) is 10.8. The summed E-state index contributed by atoms with van der Waals surface area (Å²) < 4.78 is 10.7. The van der Waals surface area contributed by atoms with Gasteiger partial charge in [-0.3, -0.25) is 9.69 Å². The lowest BCUT2D eigenvalue weighted by Crippen LogP contribution is -2.30. The lowest BCUT2D eigenvalue weighted by Gasteiger charge is -2.37. The Morgan fingerprint density at radius 3 is 2.09 bits per heavy atom. The predicted molar refractivity (Wildman–Crippen MR) is 132 cm³/mol. The molecule has 5 nitrogen and oxygen atoms in total. The molecule has 33 heavy (non-hydrogen) atoms. The summed E-state index contributed by atoms with van der Waals surface area (Å²) in [7, 11) is 0. The molecule has 3 aliphatic rings. The van der Waals surface area contributed by atoms with Crippen LogP contribution >= 0.6 is 0 Å². The van der Waals surface area contributed by atoms with Crippen LogP contribution in [0.2, 0.25) is 0 Å². The van der Waals surface area contributed by atoms with Gasteiger partial charge in [-0.2, -0.15) is 0 Å². The van der Waals surface area contributed by atoms with Crippen LogP contribution in [0.15, 0.2) is 12.2 Å². The molecule has 0 unspecified atom stereocenters. The Labute approximate surface area is 201 Å². The molecule has 5 heteroatoms. The van der Waals surface area contributed by atoms with E-state index in [9.17, 15) is 9.59 Å². The summed E-state index contributed by atoms with van der Waals surface area (Å²) >= 11 is 0. The average molecular weight is 462 g/mol. The molecule has 0 N–H and O–H groups in total. The van der Waals surface area contributed by atoms with Crippen LogP contribution in [0.5, 0.6) is 0 Å². The number of hydrogen-bond acceptors (Lipinski definition) is 5. The third-order valence-electron chi connectivity index (χ3n) is 8.34. The Morgan fingerprint density at radius 1 is 0.848 bits per heavy atom. The molecule has 1 saturated heterocycles. The second kappa shape index (κ2) is 14.1. The monoisotopic (exact) mass is 461 g/mol. The van der Waals surface area contributed by atoms with Crippen LogP contribution in [0.25, 0.3) is 0 Å². The van der Waals surface area contributed by atoms with Crippen molar-refractivity contribution in [2.45, 2.75) is 96.8 Å². The number of unbranched alkanes of at least 4 members (excludes halogenated alkanes) is 2. The number of hydrogen-bond donors (Lipinski definition) is 0. The van der Waals surface area contributed by atoms with Gasteiger partial charge >= 0.3 is 11.9 Å². The summed E-state index contributed by atoms with van der Waals surface area (Å²) in [5, 5.41) is 0. The van der Waals surface area contributed by atoms with Crippen LogP contribution < -0.4 is 0 Å². The maximum Gasteiger partial charge on any atom is 0.334 e. The molecular weight excluding hydrogens is 414 g/mol. The van der Waals surface area contributed by atoms with E-state index in [0.29, 0.717) is 12.1 Å². The molecule has 0 aromatic heterocycles. The van der Waals surface area contributed by atoms with Gasteiger partial charge in [0.1, 0.15) is 13.2 Å². The van der Waals surface area contributed by atoms with E-state index in [2.05, 4.69) is 18.4 Å². The number of nitrogens with zero attached hydrogens (tertiary/aromatic N) is 1. The van der Waals surface area contributed by atoms with E-state index in [0.717, 1.165) is 56.5 Å². The number of carbonyl (C=O) groups excluding carboxylic acids is 2. The number of likely N-dealkylation sites (tertiary alicyclic amines) is 1. The van der Waals surface area contributed by atoms with Crippen LogP contribution in [0.4, 0.5) is 0 Å². The first-order chi connectivity index (χ1) is 16.1. The summed E-state index contributed by atoms with van der Waals surface area (Å²) in [5.74, 6) is 2.17. The van der Waals surface area contributed by atoms with Crippen LogP contribution in [0.3, 0.4) is 0 Å². The van der Waals surface area contributed by atoms with Crippen LogP contribution in [-0.2, 0) is 19.1 Å². The summed E-state index contributed by atoms with van der Waals surface area (Å²) in [6.45, 7) is 9.00. The molecule has 0 aromatic carbocycles. The molecule has 0 amide bonds. The van der Waals surface area contributed by atoms with Gasteiger partial charge in [-0.1, -0.05) is 52.0 Å². The van der Waals surface area contributed by atoms with Crippen molar-refractivity contribution < 1.29 is 19.1 Å². The van der Waals surface area contributed by atoms with Crippen molar-refractivity contribution in [2.24, 2.45) is 23.7 Å². The molecular formula is C28H47NO4. The van der Waals surface area contributed by atoms with E-state index < -0.39 is 0 Å². The zero-order chi connectivity index (χ0) is 23.5. The smallest absolute Gasteiger partial charge is 0.334 e. The highest BCUT2D eigenvalue weighted by atomic mass is 16.6. The summed E-state index contributed by atoms with van der Waals surface area (Å²) in [4.78, 5) is 26.8. The van der Waals surface area contributed by atoms with E-state index in [4.69, 9.17) is 9.47 Å². The van der Waals surface area contributed by atoms with Crippen molar-refractivity contribution in [1.82, 2.24) is 4.90 Å². The molecule has 3 rings (SSSR count). The van der Waals surface area contributed by atoms with E-state index in [1.54, 1.807) is 0 Å². The molecule has 1 aliphatic heterocycles. The van der Waals surface area contributed by atoms with Crippen molar-refractivity contribution in [1.29, 1.82) is 0 Å². The normalized spacial score (nSPS) is 28.4. The lowest BCUT2D eigenvalue weighted by atomic mass is 9.68. The fourth-order valence-electron chi connectivity index (χ4n) is 6.23. The third-order valence-corrected chi connectivity index (χ3v) is 8.34. The molecule has 0 radical (unpaired) electrons. The van der Waals surface area contributed by atoms with Crippen molar-refractivity contribution in [2.75, 3.05) is 32.8 Å². The molecule has 3 fully saturated rings. The van der Waals surface area contributed by atoms with E-state index >= 15 is 0 Å². The first-order valence-electron chi connectivity index (χ1n) is 13.8. The van der Waals surface area contributed by atoms with Crippen molar-refractivity contribution in [3.63, 3.8) is 0 Å². The minimum absolute atomic E-state index is 0.0208. The zero-order valence-corrected chi connectivity index (χ0v) is 21.0. The Balaban J connectivity index is 1.24. The fraction of sp³-hybridized carbons (Fsp3) is 0.857. The SMILES string of the molecule is C=C(CN1CCCC1)C(=O)OCCOC(=O)C1CCC(C2CCC(CCCCC)CC2)CC1. The van der Waals surface area contributed by atoms with E-state index in [1.807, 2.05) is 0 Å². The topological polar surface area (TPSA) is 55.8 Å². The first kappa shape index (κ1) is 26.2. The maximum absolute atomic E-state index is 12.5. The standard InChI is InChI=1S/C28H47NO4/c1-3-4-5-8-23-9-11-24(12-10-23)25-13-15-26(16-14-25)28(31)33-20-19-32-27(30)22(2)21-29-17-6-7-18-29/h23-26H,2-21H2,1H3. The number of ether oxygens (including phenoxy) is 2. The predicted octanol–water partition coefficient (Wildman–Crippen LogP) is 5.92. The largest absolute Gasteiger partial charge is 0.462 e. The van der Waals surface area contributed by atoms with Gasteiger partial charge in [-0.15, -0.1) is 0 Å². The zero-order valence-electron chi connectivity index (χ0n) is 21.0. The van der Waals surface area contributed by atoms with Gasteiger partial charge in [0.25, 0.3) is 0 Å². The summed E-state index contributed by atoms with van der Waals surface area (Å²) in [5.41, 5.74) is 0.483. The minimum Gasteiger partial charge on any atom is -0.462 e. The van der Waals surface area contributed by atoms with Crippen molar-refractivity contribution >= 4 is 11.9 Å². The molecule has 188 valence electrons. The average Bonchev–Trinajstić information content (AvgIpc) is 3.35. The Morgan fingerprint density at radius 2 is 1.45 bits per heavy atom. The highest BCUT2D eigenvalue weighted by Crippen LogP contribution is 2.42. The highest BCUT2D eigenvalue weighted by molar-refractivity contribution is 5.88. The maximum atomic E-state index is 12.5. The van der Waals surface area contributed by atoms with E-state index in [-0.39, 0.29) is 31.1 Å². The van der Waals surface area contributed by atoms with Crippen LogP contribution in [0, 0.1) is 23.7 Å². The van der Waals surface area contributed by atoms with Gasteiger partial charge < -0.3 is 9.47 Å². The Bertz CT molecular complexity index is 611. The molecule has 0 atom stereocenters. The molecule has 2 saturated carbocycles. The third kappa shape index (κ3) is 8.73. The van der Waals surface area contributed by atoms with Gasteiger partial charge in [0.2, 0.25) is 0 Å². The highest BCUT2D eigenvalue weighted by Gasteiger charge is 2.33. The van der Waals surface area contributed by atoms with Gasteiger partial charge in [0, 0.05) is 12.1 Å². The summed E-state index contributed by atoms with van der Waals surface area (Å²) in [6.07, 6.45) is 17.8. The van der Waals surface area contributed by atoms with Crippen molar-refractivity contribution in [3.05, 3.63) is 12.2 Å². The minimum atomic E-state index is -0.376. The first-order valence-corrected chi connectivity index (χ1v) is 13.8. The Kier molecular flexibility index (Phi) is 11.2. The second-order valence-corrected chi connectivity index (χ2v) is 10.8. The summed E-state index contributed by atoms with van der Waals surface area (Å²) in [6, 6.07) is 0. The molecule has 2 aliphatic carbocycles. The lowest BCUT2D eigenvalue weighted by molar-refractivity contribution is -0.155. The van der Waals surface area contributed by atoms with Gasteiger partial charge in [0.05, 0.1) is 5.92 Å². The number of esters is 2. The molecule has 0 bridgehead atoms. The molecule has 0 aromatic rings. The quantitative estimate of drug-likeness (QED) is 0.205.